The highest BCUT2D eigenvalue weighted by Crippen LogP contribution is 2.27. The Labute approximate surface area is 116 Å². The predicted octanol–water partition coefficient (Wildman–Crippen LogP) is 2.61. The highest BCUT2D eigenvalue weighted by Gasteiger charge is 2.11. The number of aromatic carboxylic acids is 1. The van der Waals surface area contributed by atoms with Crippen LogP contribution in [-0.4, -0.2) is 18.1 Å². The van der Waals surface area contributed by atoms with Crippen molar-refractivity contribution in [3.8, 4) is 6.07 Å². The first kappa shape index (κ1) is 13.4. The van der Waals surface area contributed by atoms with Crippen LogP contribution in [0.15, 0.2) is 42.5 Å². The minimum atomic E-state index is -1.05. The first-order valence-corrected chi connectivity index (χ1v) is 5.89. The Morgan fingerprint density at radius 3 is 2.55 bits per heavy atom. The molecule has 20 heavy (non-hydrogen) atoms. The molecule has 5 nitrogen and oxygen atoms in total. The normalized spacial score (nSPS) is 9.80. The number of carbonyl (C=O) groups is 1. The molecule has 3 N–H and O–H groups in total. The van der Waals surface area contributed by atoms with Crippen LogP contribution in [0.1, 0.15) is 15.9 Å². The van der Waals surface area contributed by atoms with Crippen LogP contribution in [0.25, 0.3) is 0 Å². The molecule has 0 fully saturated rings. The first-order chi connectivity index (χ1) is 9.52. The molecule has 0 aromatic heterocycles. The smallest absolute Gasteiger partial charge is 0.337 e. The maximum Gasteiger partial charge on any atom is 0.337 e. The van der Waals surface area contributed by atoms with Crippen LogP contribution in [0.5, 0.6) is 0 Å². The zero-order valence-electron chi connectivity index (χ0n) is 10.9. The monoisotopic (exact) mass is 267 g/mol. The molecule has 0 radical (unpaired) electrons. The Kier molecular flexibility index (Phi) is 3.58. The van der Waals surface area contributed by atoms with E-state index in [4.69, 9.17) is 16.1 Å². The summed E-state index contributed by atoms with van der Waals surface area (Å²) in [4.78, 5) is 12.8. The van der Waals surface area contributed by atoms with Gasteiger partial charge in [-0.15, -0.1) is 0 Å². The number of nitrogen functional groups attached to an aromatic ring is 1. The Bertz CT molecular complexity index is 705. The standard InChI is InChI=1S/C15H13N3O2/c1-18(11-4-2-3-10(7-11)9-16)12-5-6-13(15(19)20)14(17)8-12/h2-8H,17H2,1H3,(H,19,20). The van der Waals surface area contributed by atoms with Crippen molar-refractivity contribution in [3.63, 3.8) is 0 Å². The molecule has 0 unspecified atom stereocenters. The quantitative estimate of drug-likeness (QED) is 0.834. The molecule has 0 aliphatic heterocycles. The molecule has 0 heterocycles. The van der Waals surface area contributed by atoms with E-state index in [0.717, 1.165) is 11.4 Å². The maximum atomic E-state index is 10.9. The van der Waals surface area contributed by atoms with Crippen molar-refractivity contribution in [1.29, 1.82) is 5.26 Å². The molecule has 0 aliphatic carbocycles. The van der Waals surface area contributed by atoms with Crippen LogP contribution >= 0.6 is 0 Å². The summed E-state index contributed by atoms with van der Waals surface area (Å²) in [5.41, 5.74) is 8.16. The van der Waals surface area contributed by atoms with Gasteiger partial charge in [0.15, 0.2) is 0 Å². The van der Waals surface area contributed by atoms with Crippen molar-refractivity contribution < 1.29 is 9.90 Å². The van der Waals surface area contributed by atoms with E-state index in [1.54, 1.807) is 30.3 Å². The zero-order valence-corrected chi connectivity index (χ0v) is 10.9. The van der Waals surface area contributed by atoms with E-state index < -0.39 is 5.97 Å². The van der Waals surface area contributed by atoms with Crippen LogP contribution in [0.2, 0.25) is 0 Å². The van der Waals surface area contributed by atoms with E-state index in [-0.39, 0.29) is 11.3 Å². The van der Waals surface area contributed by atoms with Crippen LogP contribution < -0.4 is 10.6 Å². The molecule has 0 bridgehead atoms. The average molecular weight is 267 g/mol. The van der Waals surface area contributed by atoms with Gasteiger partial charge >= 0.3 is 5.97 Å². The Hall–Kier alpha value is -3.00. The van der Waals surface area contributed by atoms with E-state index in [1.165, 1.54) is 6.07 Å². The van der Waals surface area contributed by atoms with Gasteiger partial charge in [0.05, 0.1) is 17.2 Å². The lowest BCUT2D eigenvalue weighted by molar-refractivity contribution is 0.0698. The van der Waals surface area contributed by atoms with Crippen molar-refractivity contribution >= 4 is 23.0 Å². The van der Waals surface area contributed by atoms with E-state index in [0.29, 0.717) is 5.56 Å². The molecule has 5 heteroatoms. The number of nitriles is 1. The molecule has 0 aliphatic rings. The van der Waals surface area contributed by atoms with Gasteiger partial charge in [0.2, 0.25) is 0 Å². The number of hydrogen-bond donors (Lipinski definition) is 2. The molecule has 100 valence electrons. The van der Waals surface area contributed by atoms with Crippen molar-refractivity contribution in [1.82, 2.24) is 0 Å². The second-order valence-electron chi connectivity index (χ2n) is 4.30. The summed E-state index contributed by atoms with van der Waals surface area (Å²) in [7, 11) is 1.83. The number of benzene rings is 2. The largest absolute Gasteiger partial charge is 0.478 e. The Balaban J connectivity index is 2.38. The fraction of sp³-hybridized carbons (Fsp3) is 0.0667. The average Bonchev–Trinajstić information content (AvgIpc) is 2.46. The number of nitrogens with zero attached hydrogens (tertiary/aromatic N) is 2. The number of nitrogens with two attached hydrogens (primary N) is 1. The summed E-state index contributed by atoms with van der Waals surface area (Å²) in [6, 6.07) is 14.0. The van der Waals surface area contributed by atoms with Gasteiger partial charge in [0.1, 0.15) is 0 Å². The van der Waals surface area contributed by atoms with Gasteiger partial charge in [-0.3, -0.25) is 0 Å². The predicted molar refractivity (Wildman–Crippen MR) is 77.0 cm³/mol. The highest BCUT2D eigenvalue weighted by atomic mass is 16.4. The van der Waals surface area contributed by atoms with Crippen LogP contribution in [0.4, 0.5) is 17.1 Å². The second-order valence-corrected chi connectivity index (χ2v) is 4.30. The SMILES string of the molecule is CN(c1cccc(C#N)c1)c1ccc(C(=O)O)c(N)c1. The lowest BCUT2D eigenvalue weighted by Gasteiger charge is -2.20. The molecule has 2 aromatic carbocycles. The van der Waals surface area contributed by atoms with Gasteiger partial charge < -0.3 is 15.7 Å². The molecular formula is C15H13N3O2. The van der Waals surface area contributed by atoms with Gasteiger partial charge in [0.25, 0.3) is 0 Å². The number of carboxylic acid groups (broad SMARTS) is 1. The molecule has 2 aromatic rings. The summed E-state index contributed by atoms with van der Waals surface area (Å²) < 4.78 is 0. The minimum absolute atomic E-state index is 0.0768. The van der Waals surface area contributed by atoms with Crippen LogP contribution in [-0.2, 0) is 0 Å². The summed E-state index contributed by atoms with van der Waals surface area (Å²) >= 11 is 0. The zero-order chi connectivity index (χ0) is 14.7. The molecule has 2 rings (SSSR count). The van der Waals surface area contributed by atoms with E-state index >= 15 is 0 Å². The number of rotatable bonds is 3. The Morgan fingerprint density at radius 2 is 1.95 bits per heavy atom. The van der Waals surface area contributed by atoms with Gasteiger partial charge in [0, 0.05) is 24.1 Å². The van der Waals surface area contributed by atoms with Crippen molar-refractivity contribution in [3.05, 3.63) is 53.6 Å². The van der Waals surface area contributed by atoms with Crippen LogP contribution in [0, 0.1) is 11.3 Å². The second kappa shape index (κ2) is 5.33. The third kappa shape index (κ3) is 2.54. The minimum Gasteiger partial charge on any atom is -0.478 e. The molecule has 0 saturated carbocycles. The van der Waals surface area contributed by atoms with Crippen LogP contribution in [0.3, 0.4) is 0 Å². The number of carboxylic acids is 1. The van der Waals surface area contributed by atoms with Crippen molar-refractivity contribution in [2.75, 3.05) is 17.7 Å². The maximum absolute atomic E-state index is 10.9. The third-order valence-corrected chi connectivity index (χ3v) is 3.02. The van der Waals surface area contributed by atoms with Gasteiger partial charge in [-0.1, -0.05) is 6.07 Å². The van der Waals surface area contributed by atoms with Gasteiger partial charge in [-0.05, 0) is 36.4 Å². The van der Waals surface area contributed by atoms with Gasteiger partial charge in [-0.2, -0.15) is 5.26 Å². The fourth-order valence-electron chi connectivity index (χ4n) is 1.89. The van der Waals surface area contributed by atoms with Crippen molar-refractivity contribution in [2.45, 2.75) is 0 Å². The molecule has 0 saturated heterocycles. The fourth-order valence-corrected chi connectivity index (χ4v) is 1.89. The lowest BCUT2D eigenvalue weighted by Crippen LogP contribution is -2.11. The third-order valence-electron chi connectivity index (χ3n) is 3.02. The summed E-state index contributed by atoms with van der Waals surface area (Å²) in [6.07, 6.45) is 0. The Morgan fingerprint density at radius 1 is 1.25 bits per heavy atom. The molecule has 0 spiro atoms. The number of anilines is 3. The topological polar surface area (TPSA) is 90.3 Å². The molecular weight excluding hydrogens is 254 g/mol. The highest BCUT2D eigenvalue weighted by molar-refractivity contribution is 5.94. The summed E-state index contributed by atoms with van der Waals surface area (Å²) in [5.74, 6) is -1.05. The van der Waals surface area contributed by atoms with E-state index in [9.17, 15) is 4.79 Å². The first-order valence-electron chi connectivity index (χ1n) is 5.89. The van der Waals surface area contributed by atoms with Crippen molar-refractivity contribution in [2.24, 2.45) is 0 Å². The molecule has 0 atom stereocenters. The lowest BCUT2D eigenvalue weighted by atomic mass is 10.1. The number of hydrogen-bond acceptors (Lipinski definition) is 4. The van der Waals surface area contributed by atoms with E-state index in [2.05, 4.69) is 6.07 Å². The van der Waals surface area contributed by atoms with Gasteiger partial charge in [-0.25, -0.2) is 4.79 Å². The molecule has 0 amide bonds. The van der Waals surface area contributed by atoms with E-state index in [1.807, 2.05) is 18.0 Å². The summed E-state index contributed by atoms with van der Waals surface area (Å²) in [6.45, 7) is 0. The summed E-state index contributed by atoms with van der Waals surface area (Å²) in [5, 5.41) is 17.9.